The lowest BCUT2D eigenvalue weighted by Gasteiger charge is -2.21. The van der Waals surface area contributed by atoms with Crippen LogP contribution in [0.15, 0.2) is 0 Å². The molecule has 0 saturated heterocycles. The van der Waals surface area contributed by atoms with Gasteiger partial charge in [0.05, 0.1) is 13.2 Å². The number of phosphoric acid groups is 1. The minimum Gasteiger partial charge on any atom is -0.303 e. The molecule has 0 bridgehead atoms. The van der Waals surface area contributed by atoms with E-state index in [1.165, 1.54) is 0 Å². The SMILES string of the molecule is CCCCCC(=O)N(CCOP(=O)(O)O)C(=O)CCCCC. The summed E-state index contributed by atoms with van der Waals surface area (Å²) in [7, 11) is -4.58. The van der Waals surface area contributed by atoms with Gasteiger partial charge in [-0.15, -0.1) is 0 Å². The summed E-state index contributed by atoms with van der Waals surface area (Å²) in [5.74, 6) is -0.603. The second kappa shape index (κ2) is 11.8. The molecule has 22 heavy (non-hydrogen) atoms. The predicted octanol–water partition coefficient (Wildman–Crippen LogP) is 2.61. The van der Waals surface area contributed by atoms with Crippen molar-refractivity contribution < 1.29 is 28.5 Å². The first-order chi connectivity index (χ1) is 10.3. The van der Waals surface area contributed by atoms with Crippen molar-refractivity contribution in [2.45, 2.75) is 65.2 Å². The number of carbonyl (C=O) groups is 2. The van der Waals surface area contributed by atoms with E-state index in [0.717, 1.165) is 30.6 Å². The quantitative estimate of drug-likeness (QED) is 0.419. The maximum absolute atomic E-state index is 12.1. The Balaban J connectivity index is 4.50. The molecule has 0 aromatic rings. The summed E-state index contributed by atoms with van der Waals surface area (Å²) < 4.78 is 15.0. The van der Waals surface area contributed by atoms with Crippen LogP contribution in [0.4, 0.5) is 0 Å². The smallest absolute Gasteiger partial charge is 0.303 e. The van der Waals surface area contributed by atoms with Crippen LogP contribution in [0.1, 0.15) is 65.2 Å². The fraction of sp³-hybridized carbons (Fsp3) is 0.857. The monoisotopic (exact) mass is 337 g/mol. The van der Waals surface area contributed by atoms with Crippen molar-refractivity contribution in [2.24, 2.45) is 0 Å². The van der Waals surface area contributed by atoms with E-state index in [-0.39, 0.29) is 37.8 Å². The van der Waals surface area contributed by atoms with E-state index < -0.39 is 7.82 Å². The second-order valence-electron chi connectivity index (χ2n) is 5.18. The molecule has 0 aromatic heterocycles. The summed E-state index contributed by atoms with van der Waals surface area (Å²) in [6.07, 6.45) is 5.69. The highest BCUT2D eigenvalue weighted by atomic mass is 31.2. The number of carbonyl (C=O) groups excluding carboxylic acids is 2. The van der Waals surface area contributed by atoms with Gasteiger partial charge >= 0.3 is 7.82 Å². The van der Waals surface area contributed by atoms with E-state index in [2.05, 4.69) is 4.52 Å². The third kappa shape index (κ3) is 10.9. The van der Waals surface area contributed by atoms with Gasteiger partial charge in [0.1, 0.15) is 0 Å². The molecule has 0 aromatic carbocycles. The zero-order chi connectivity index (χ0) is 17.0. The molecule has 0 aliphatic carbocycles. The summed E-state index contributed by atoms with van der Waals surface area (Å²) in [4.78, 5) is 42.6. The summed E-state index contributed by atoms with van der Waals surface area (Å²) in [5.41, 5.74) is 0. The number of hydrogen-bond donors (Lipinski definition) is 2. The van der Waals surface area contributed by atoms with Crippen molar-refractivity contribution >= 4 is 19.6 Å². The minimum atomic E-state index is -4.58. The van der Waals surface area contributed by atoms with Gasteiger partial charge in [0, 0.05) is 12.8 Å². The van der Waals surface area contributed by atoms with Gasteiger partial charge in [-0.3, -0.25) is 19.0 Å². The highest BCUT2D eigenvalue weighted by molar-refractivity contribution is 7.46. The Kier molecular flexibility index (Phi) is 11.4. The molecule has 2 N–H and O–H groups in total. The van der Waals surface area contributed by atoms with E-state index in [1.54, 1.807) is 0 Å². The van der Waals surface area contributed by atoms with Crippen molar-refractivity contribution in [3.63, 3.8) is 0 Å². The number of imide groups is 1. The Labute approximate surface area is 132 Å². The Morgan fingerprint density at radius 1 is 0.955 bits per heavy atom. The lowest BCUT2D eigenvalue weighted by atomic mass is 10.1. The highest BCUT2D eigenvalue weighted by Crippen LogP contribution is 2.35. The van der Waals surface area contributed by atoms with Crippen LogP contribution < -0.4 is 0 Å². The molecule has 130 valence electrons. The molecule has 0 atom stereocenters. The standard InChI is InChI=1S/C14H28NO6P/c1-3-5-7-9-13(16)15(11-12-21-22(18,19)20)14(17)10-8-6-4-2/h3-12H2,1-2H3,(H2,18,19,20). The van der Waals surface area contributed by atoms with Gasteiger partial charge in [0.25, 0.3) is 0 Å². The normalized spacial score (nSPS) is 11.5. The van der Waals surface area contributed by atoms with Crippen molar-refractivity contribution in [1.82, 2.24) is 4.90 Å². The van der Waals surface area contributed by atoms with Gasteiger partial charge in [0.15, 0.2) is 0 Å². The predicted molar refractivity (Wildman–Crippen MR) is 83.0 cm³/mol. The second-order valence-corrected chi connectivity index (χ2v) is 6.42. The summed E-state index contributed by atoms with van der Waals surface area (Å²) in [6.45, 7) is 3.56. The molecule has 0 fully saturated rings. The molecule has 7 nitrogen and oxygen atoms in total. The van der Waals surface area contributed by atoms with Crippen molar-refractivity contribution in [1.29, 1.82) is 0 Å². The van der Waals surface area contributed by atoms with Crippen LogP contribution in [0.5, 0.6) is 0 Å². The van der Waals surface area contributed by atoms with Crippen LogP contribution in [-0.4, -0.2) is 39.7 Å². The Morgan fingerprint density at radius 2 is 1.41 bits per heavy atom. The first-order valence-corrected chi connectivity index (χ1v) is 9.38. The van der Waals surface area contributed by atoms with Gasteiger partial charge in [-0.25, -0.2) is 4.57 Å². The number of phosphoric ester groups is 1. The molecule has 0 unspecified atom stereocenters. The lowest BCUT2D eigenvalue weighted by molar-refractivity contribution is -0.145. The van der Waals surface area contributed by atoms with Crippen molar-refractivity contribution in [3.05, 3.63) is 0 Å². The van der Waals surface area contributed by atoms with E-state index in [0.29, 0.717) is 12.8 Å². The van der Waals surface area contributed by atoms with Crippen LogP contribution in [-0.2, 0) is 18.7 Å². The summed E-state index contributed by atoms with van der Waals surface area (Å²) in [5, 5.41) is 0. The number of rotatable bonds is 12. The van der Waals surface area contributed by atoms with Gasteiger partial charge in [-0.1, -0.05) is 39.5 Å². The molecular weight excluding hydrogens is 309 g/mol. The van der Waals surface area contributed by atoms with Crippen LogP contribution in [0.3, 0.4) is 0 Å². The molecule has 0 aliphatic heterocycles. The molecular formula is C14H28NO6P. The van der Waals surface area contributed by atoms with E-state index in [1.807, 2.05) is 13.8 Å². The lowest BCUT2D eigenvalue weighted by Crippen LogP contribution is -2.39. The van der Waals surface area contributed by atoms with E-state index in [9.17, 15) is 14.2 Å². The first-order valence-electron chi connectivity index (χ1n) is 7.85. The third-order valence-corrected chi connectivity index (χ3v) is 3.68. The van der Waals surface area contributed by atoms with Gasteiger partial charge < -0.3 is 9.79 Å². The average Bonchev–Trinajstić information content (AvgIpc) is 2.42. The van der Waals surface area contributed by atoms with Gasteiger partial charge in [0.2, 0.25) is 11.8 Å². The topological polar surface area (TPSA) is 104 Å². The number of nitrogens with zero attached hydrogens (tertiary/aromatic N) is 1. The Hall–Kier alpha value is -0.750. The molecule has 0 heterocycles. The molecule has 0 saturated carbocycles. The number of unbranched alkanes of at least 4 members (excludes halogenated alkanes) is 4. The fourth-order valence-electron chi connectivity index (χ4n) is 1.96. The van der Waals surface area contributed by atoms with Crippen LogP contribution >= 0.6 is 7.82 Å². The molecule has 0 radical (unpaired) electrons. The van der Waals surface area contributed by atoms with Crippen LogP contribution in [0.2, 0.25) is 0 Å². The molecule has 8 heteroatoms. The van der Waals surface area contributed by atoms with Gasteiger partial charge in [-0.05, 0) is 12.8 Å². The molecule has 0 spiro atoms. The largest absolute Gasteiger partial charge is 0.469 e. The Bertz CT molecular complexity index is 360. The Morgan fingerprint density at radius 3 is 1.77 bits per heavy atom. The summed E-state index contributed by atoms with van der Waals surface area (Å²) >= 11 is 0. The van der Waals surface area contributed by atoms with Crippen molar-refractivity contribution in [3.8, 4) is 0 Å². The maximum atomic E-state index is 12.1. The average molecular weight is 337 g/mol. The molecule has 2 amide bonds. The zero-order valence-electron chi connectivity index (χ0n) is 13.5. The highest BCUT2D eigenvalue weighted by Gasteiger charge is 2.22. The number of amides is 2. The summed E-state index contributed by atoms with van der Waals surface area (Å²) in [6, 6.07) is 0. The minimum absolute atomic E-state index is 0.124. The molecule has 0 aliphatic rings. The third-order valence-electron chi connectivity index (χ3n) is 3.16. The van der Waals surface area contributed by atoms with E-state index in [4.69, 9.17) is 9.79 Å². The number of hydrogen-bond acceptors (Lipinski definition) is 4. The fourth-order valence-corrected chi connectivity index (χ4v) is 2.28. The van der Waals surface area contributed by atoms with Crippen LogP contribution in [0, 0.1) is 0 Å². The van der Waals surface area contributed by atoms with Crippen molar-refractivity contribution in [2.75, 3.05) is 13.2 Å². The molecule has 0 rings (SSSR count). The van der Waals surface area contributed by atoms with E-state index >= 15 is 0 Å². The first kappa shape index (κ1) is 21.2. The van der Waals surface area contributed by atoms with Gasteiger partial charge in [-0.2, -0.15) is 0 Å². The zero-order valence-corrected chi connectivity index (χ0v) is 14.4. The van der Waals surface area contributed by atoms with Crippen LogP contribution in [0.25, 0.3) is 0 Å². The maximum Gasteiger partial charge on any atom is 0.469 e.